The maximum Gasteiger partial charge on any atom is 0.128 e. The fourth-order valence-corrected chi connectivity index (χ4v) is 2.23. The molecule has 0 amide bonds. The molecule has 100 valence electrons. The molecule has 4 nitrogen and oxygen atoms in total. The molecule has 1 unspecified atom stereocenters. The van der Waals surface area contributed by atoms with Crippen molar-refractivity contribution in [1.29, 1.82) is 0 Å². The maximum absolute atomic E-state index is 13.9. The van der Waals surface area contributed by atoms with E-state index in [4.69, 9.17) is 5.84 Å². The van der Waals surface area contributed by atoms with Crippen LogP contribution in [0, 0.1) is 5.82 Å². The molecular weight excluding hydrogens is 255 g/mol. The summed E-state index contributed by atoms with van der Waals surface area (Å²) in [7, 11) is 0. The number of hydrogen-bond donors (Lipinski definition) is 2. The topological polar surface area (TPSA) is 63.8 Å². The van der Waals surface area contributed by atoms with Crippen molar-refractivity contribution in [2.24, 2.45) is 5.84 Å². The highest BCUT2D eigenvalue weighted by atomic mass is 19.1. The van der Waals surface area contributed by atoms with E-state index in [9.17, 15) is 4.39 Å². The minimum atomic E-state index is -0.428. The van der Waals surface area contributed by atoms with E-state index in [1.54, 1.807) is 30.6 Å². The summed E-state index contributed by atoms with van der Waals surface area (Å²) in [5.41, 5.74) is 5.53. The van der Waals surface area contributed by atoms with E-state index >= 15 is 0 Å². The number of hydrogen-bond acceptors (Lipinski definition) is 4. The van der Waals surface area contributed by atoms with E-state index in [2.05, 4.69) is 15.4 Å². The maximum atomic E-state index is 13.9. The predicted molar refractivity (Wildman–Crippen MR) is 75.1 cm³/mol. The highest BCUT2D eigenvalue weighted by Crippen LogP contribution is 2.25. The Balaban J connectivity index is 2.10. The lowest BCUT2D eigenvalue weighted by Gasteiger charge is -2.17. The number of rotatable bonds is 3. The number of aromatic nitrogens is 2. The first-order valence-electron chi connectivity index (χ1n) is 6.21. The largest absolute Gasteiger partial charge is 0.271 e. The summed E-state index contributed by atoms with van der Waals surface area (Å²) >= 11 is 0. The lowest BCUT2D eigenvalue weighted by molar-refractivity contribution is 0.560. The molecule has 0 aliphatic carbocycles. The van der Waals surface area contributed by atoms with Gasteiger partial charge in [-0.1, -0.05) is 24.3 Å². The van der Waals surface area contributed by atoms with Crippen molar-refractivity contribution in [1.82, 2.24) is 15.4 Å². The van der Waals surface area contributed by atoms with E-state index in [0.717, 1.165) is 16.6 Å². The lowest BCUT2D eigenvalue weighted by atomic mass is 9.98. The number of nitrogens with zero attached hydrogens (tertiary/aromatic N) is 2. The van der Waals surface area contributed by atoms with Crippen LogP contribution in [0.2, 0.25) is 0 Å². The molecule has 0 spiro atoms. The van der Waals surface area contributed by atoms with Crippen molar-refractivity contribution in [2.75, 3.05) is 0 Å². The Hall–Kier alpha value is -2.37. The van der Waals surface area contributed by atoms with Gasteiger partial charge in [0.15, 0.2) is 0 Å². The molecular formula is C15H13FN4. The molecule has 0 saturated heterocycles. The molecule has 1 aromatic heterocycles. The van der Waals surface area contributed by atoms with Crippen molar-refractivity contribution >= 4 is 11.0 Å². The zero-order valence-corrected chi connectivity index (χ0v) is 10.6. The van der Waals surface area contributed by atoms with Crippen LogP contribution < -0.4 is 11.3 Å². The van der Waals surface area contributed by atoms with Crippen LogP contribution >= 0.6 is 0 Å². The van der Waals surface area contributed by atoms with Crippen molar-refractivity contribution in [3.05, 3.63) is 71.8 Å². The summed E-state index contributed by atoms with van der Waals surface area (Å²) < 4.78 is 13.9. The number of benzene rings is 2. The molecule has 5 heteroatoms. The van der Waals surface area contributed by atoms with E-state index in [0.29, 0.717) is 5.56 Å². The van der Waals surface area contributed by atoms with Gasteiger partial charge >= 0.3 is 0 Å². The standard InChI is InChI=1S/C15H13FN4/c16-12-4-2-1-3-11(12)15(20-17)10-5-6-13-14(9-10)19-8-7-18-13/h1-9,15,20H,17H2. The molecule has 3 aromatic rings. The molecule has 0 aliphatic heterocycles. The van der Waals surface area contributed by atoms with Crippen molar-refractivity contribution in [3.63, 3.8) is 0 Å². The Morgan fingerprint density at radius 1 is 1.00 bits per heavy atom. The summed E-state index contributed by atoms with van der Waals surface area (Å²) in [5.74, 6) is 5.30. The van der Waals surface area contributed by atoms with Crippen molar-refractivity contribution in [3.8, 4) is 0 Å². The highest BCUT2D eigenvalue weighted by Gasteiger charge is 2.16. The monoisotopic (exact) mass is 268 g/mol. The Bertz CT molecular complexity index is 745. The predicted octanol–water partition coefficient (Wildman–Crippen LogP) is 2.32. The zero-order valence-electron chi connectivity index (χ0n) is 10.6. The summed E-state index contributed by atoms with van der Waals surface area (Å²) in [5, 5.41) is 0. The van der Waals surface area contributed by atoms with Gasteiger partial charge in [0.05, 0.1) is 17.1 Å². The molecule has 0 fully saturated rings. The van der Waals surface area contributed by atoms with Gasteiger partial charge in [-0.25, -0.2) is 9.82 Å². The third kappa shape index (κ3) is 2.24. The smallest absolute Gasteiger partial charge is 0.128 e. The molecule has 3 N–H and O–H groups in total. The second-order valence-electron chi connectivity index (χ2n) is 4.43. The first-order valence-corrected chi connectivity index (χ1v) is 6.21. The van der Waals surface area contributed by atoms with Gasteiger partial charge < -0.3 is 0 Å². The Labute approximate surface area is 115 Å². The van der Waals surface area contributed by atoms with Gasteiger partial charge in [-0.05, 0) is 23.8 Å². The van der Waals surface area contributed by atoms with E-state index in [-0.39, 0.29) is 5.82 Å². The first kappa shape index (κ1) is 12.7. The van der Waals surface area contributed by atoms with Gasteiger partial charge in [0.1, 0.15) is 5.82 Å². The van der Waals surface area contributed by atoms with Gasteiger partial charge in [-0.2, -0.15) is 0 Å². The number of nitrogens with two attached hydrogens (primary N) is 1. The third-order valence-corrected chi connectivity index (χ3v) is 3.21. The van der Waals surface area contributed by atoms with Crippen LogP contribution in [-0.2, 0) is 0 Å². The van der Waals surface area contributed by atoms with Gasteiger partial charge in [-0.3, -0.25) is 15.8 Å². The second-order valence-corrected chi connectivity index (χ2v) is 4.43. The van der Waals surface area contributed by atoms with Crippen LogP contribution in [0.5, 0.6) is 0 Å². The molecule has 1 atom stereocenters. The van der Waals surface area contributed by atoms with Crippen LogP contribution in [0.4, 0.5) is 4.39 Å². The average molecular weight is 268 g/mol. The number of nitrogens with one attached hydrogen (secondary N) is 1. The Morgan fingerprint density at radius 2 is 1.75 bits per heavy atom. The minimum Gasteiger partial charge on any atom is -0.271 e. The van der Waals surface area contributed by atoms with Crippen LogP contribution in [0.1, 0.15) is 17.2 Å². The van der Waals surface area contributed by atoms with Crippen LogP contribution in [-0.4, -0.2) is 9.97 Å². The quantitative estimate of drug-likeness (QED) is 0.565. The molecule has 0 bridgehead atoms. The van der Waals surface area contributed by atoms with E-state index < -0.39 is 6.04 Å². The summed E-state index contributed by atoms with van der Waals surface area (Å²) in [4.78, 5) is 8.46. The Morgan fingerprint density at radius 3 is 2.50 bits per heavy atom. The molecule has 0 radical (unpaired) electrons. The second kappa shape index (κ2) is 5.32. The van der Waals surface area contributed by atoms with Crippen molar-refractivity contribution in [2.45, 2.75) is 6.04 Å². The summed E-state index contributed by atoms with van der Waals surface area (Å²) in [6.45, 7) is 0. The fraction of sp³-hybridized carbons (Fsp3) is 0.0667. The zero-order chi connectivity index (χ0) is 13.9. The summed E-state index contributed by atoms with van der Waals surface area (Å²) in [6.07, 6.45) is 3.26. The van der Waals surface area contributed by atoms with Crippen LogP contribution in [0.15, 0.2) is 54.9 Å². The first-order chi connectivity index (χ1) is 9.79. The van der Waals surface area contributed by atoms with Gasteiger partial charge in [0, 0.05) is 18.0 Å². The van der Waals surface area contributed by atoms with Gasteiger partial charge in [0.2, 0.25) is 0 Å². The number of halogens is 1. The highest BCUT2D eigenvalue weighted by molar-refractivity contribution is 5.74. The molecule has 0 aliphatic rings. The number of hydrazine groups is 1. The normalized spacial score (nSPS) is 12.5. The van der Waals surface area contributed by atoms with Crippen LogP contribution in [0.3, 0.4) is 0 Å². The molecule has 1 heterocycles. The van der Waals surface area contributed by atoms with Crippen LogP contribution in [0.25, 0.3) is 11.0 Å². The van der Waals surface area contributed by atoms with Crippen molar-refractivity contribution < 1.29 is 4.39 Å². The Kier molecular flexibility index (Phi) is 3.37. The molecule has 20 heavy (non-hydrogen) atoms. The average Bonchev–Trinajstić information content (AvgIpc) is 2.50. The molecule has 0 saturated carbocycles. The fourth-order valence-electron chi connectivity index (χ4n) is 2.23. The molecule has 2 aromatic carbocycles. The summed E-state index contributed by atoms with van der Waals surface area (Å²) in [6, 6.07) is 11.7. The van der Waals surface area contributed by atoms with Gasteiger partial charge in [-0.15, -0.1) is 0 Å². The number of fused-ring (bicyclic) bond motifs is 1. The third-order valence-electron chi connectivity index (χ3n) is 3.21. The van der Waals surface area contributed by atoms with Gasteiger partial charge in [0.25, 0.3) is 0 Å². The minimum absolute atomic E-state index is 0.297. The molecule has 3 rings (SSSR count). The van der Waals surface area contributed by atoms with E-state index in [1.807, 2.05) is 18.2 Å². The van der Waals surface area contributed by atoms with E-state index in [1.165, 1.54) is 6.07 Å². The lowest BCUT2D eigenvalue weighted by Crippen LogP contribution is -2.29. The SMILES string of the molecule is NNC(c1ccc2nccnc2c1)c1ccccc1F.